The molecule has 0 bridgehead atoms. The van der Waals surface area contributed by atoms with Crippen molar-refractivity contribution in [3.8, 4) is 0 Å². The fourth-order valence-electron chi connectivity index (χ4n) is 3.68. The molecule has 2 aromatic rings. The predicted octanol–water partition coefficient (Wildman–Crippen LogP) is 2.99. The zero-order valence-electron chi connectivity index (χ0n) is 13.4. The van der Waals surface area contributed by atoms with E-state index in [0.717, 1.165) is 35.2 Å². The van der Waals surface area contributed by atoms with Crippen molar-refractivity contribution in [2.45, 2.75) is 37.3 Å². The lowest BCUT2D eigenvalue weighted by Gasteiger charge is -2.30. The smallest absolute Gasteiger partial charge is 0.249 e. The number of amides is 1. The molecule has 1 aromatic carbocycles. The third-order valence-electron chi connectivity index (χ3n) is 4.89. The number of hydrogen-bond donors (Lipinski definition) is 2. The van der Waals surface area contributed by atoms with E-state index in [4.69, 9.17) is 21.1 Å². The molecule has 5 nitrogen and oxygen atoms in total. The molecular formula is C18H21ClN2O3. The Hall–Kier alpha value is -1.56. The van der Waals surface area contributed by atoms with Crippen LogP contribution in [0.1, 0.15) is 30.7 Å². The second-order valence-corrected chi connectivity index (χ2v) is 7.05. The van der Waals surface area contributed by atoms with Crippen molar-refractivity contribution in [3.05, 3.63) is 35.0 Å². The summed E-state index contributed by atoms with van der Waals surface area (Å²) in [5.74, 6) is 0.226. The first-order valence-electron chi connectivity index (χ1n) is 8.47. The summed E-state index contributed by atoms with van der Waals surface area (Å²) in [6.45, 7) is 1.89. The first-order valence-corrected chi connectivity index (χ1v) is 8.85. The van der Waals surface area contributed by atoms with E-state index in [1.807, 2.05) is 24.4 Å². The summed E-state index contributed by atoms with van der Waals surface area (Å²) >= 11 is 6.14. The number of rotatable bonds is 3. The summed E-state index contributed by atoms with van der Waals surface area (Å²) < 4.78 is 11.2. The van der Waals surface area contributed by atoms with E-state index < -0.39 is 0 Å². The Bertz CT molecular complexity index is 739. The molecule has 2 saturated heterocycles. The Morgan fingerprint density at radius 3 is 3.08 bits per heavy atom. The van der Waals surface area contributed by atoms with Crippen LogP contribution < -0.4 is 5.32 Å². The standard InChI is InChI=1S/C18H21ClN2O3/c19-12-3-4-16-14(7-12)15(8-20-16)11-6-13(10-23-9-11)21-18(22)17-2-1-5-24-17/h3-4,7-8,11,13,17,20H,1-2,5-6,9-10H2,(H,21,22)/t11-,13-,17?/m1/s1. The lowest BCUT2D eigenvalue weighted by Crippen LogP contribution is -2.46. The van der Waals surface area contributed by atoms with E-state index in [2.05, 4.69) is 10.3 Å². The van der Waals surface area contributed by atoms with Gasteiger partial charge in [-0.3, -0.25) is 4.79 Å². The highest BCUT2D eigenvalue weighted by atomic mass is 35.5. The van der Waals surface area contributed by atoms with Gasteiger partial charge in [0, 0.05) is 34.6 Å². The Morgan fingerprint density at radius 1 is 1.33 bits per heavy atom. The highest BCUT2D eigenvalue weighted by Gasteiger charge is 2.30. The molecule has 4 rings (SSSR count). The van der Waals surface area contributed by atoms with Crippen molar-refractivity contribution in [2.24, 2.45) is 0 Å². The zero-order valence-corrected chi connectivity index (χ0v) is 14.1. The van der Waals surface area contributed by atoms with Crippen LogP contribution >= 0.6 is 11.6 Å². The van der Waals surface area contributed by atoms with Gasteiger partial charge >= 0.3 is 0 Å². The largest absolute Gasteiger partial charge is 0.379 e. The molecule has 2 aliphatic rings. The van der Waals surface area contributed by atoms with Gasteiger partial charge in [-0.2, -0.15) is 0 Å². The number of halogens is 1. The average Bonchev–Trinajstić information content (AvgIpc) is 3.24. The highest BCUT2D eigenvalue weighted by molar-refractivity contribution is 6.31. The van der Waals surface area contributed by atoms with Crippen LogP contribution in [0.25, 0.3) is 10.9 Å². The number of carbonyl (C=O) groups is 1. The van der Waals surface area contributed by atoms with Crippen LogP contribution in [0.3, 0.4) is 0 Å². The molecule has 1 amide bonds. The van der Waals surface area contributed by atoms with Crippen molar-refractivity contribution < 1.29 is 14.3 Å². The maximum absolute atomic E-state index is 12.2. The van der Waals surface area contributed by atoms with E-state index in [-0.39, 0.29) is 24.0 Å². The maximum atomic E-state index is 12.2. The van der Waals surface area contributed by atoms with Crippen LogP contribution in [0, 0.1) is 0 Å². The van der Waals surface area contributed by atoms with Crippen molar-refractivity contribution in [1.29, 1.82) is 0 Å². The molecule has 2 aliphatic heterocycles. The van der Waals surface area contributed by atoms with Gasteiger partial charge in [-0.15, -0.1) is 0 Å². The van der Waals surface area contributed by atoms with Gasteiger partial charge in [-0.25, -0.2) is 0 Å². The number of aromatic nitrogens is 1. The minimum Gasteiger partial charge on any atom is -0.379 e. The third-order valence-corrected chi connectivity index (χ3v) is 5.13. The molecular weight excluding hydrogens is 328 g/mol. The maximum Gasteiger partial charge on any atom is 0.249 e. The monoisotopic (exact) mass is 348 g/mol. The van der Waals surface area contributed by atoms with E-state index in [1.165, 1.54) is 5.56 Å². The average molecular weight is 349 g/mol. The zero-order chi connectivity index (χ0) is 16.5. The Kier molecular flexibility index (Phi) is 4.48. The van der Waals surface area contributed by atoms with E-state index >= 15 is 0 Å². The normalized spacial score (nSPS) is 27.5. The number of nitrogens with one attached hydrogen (secondary N) is 2. The third kappa shape index (κ3) is 3.16. The molecule has 0 radical (unpaired) electrons. The van der Waals surface area contributed by atoms with Crippen LogP contribution in [-0.2, 0) is 14.3 Å². The molecule has 1 aromatic heterocycles. The molecule has 0 aliphatic carbocycles. The number of hydrogen-bond acceptors (Lipinski definition) is 3. The van der Waals surface area contributed by atoms with Crippen molar-refractivity contribution in [2.75, 3.05) is 19.8 Å². The number of fused-ring (bicyclic) bond motifs is 1. The molecule has 128 valence electrons. The molecule has 2 N–H and O–H groups in total. The van der Waals surface area contributed by atoms with Gasteiger partial charge in [0.2, 0.25) is 5.91 Å². The Balaban J connectivity index is 1.47. The molecule has 1 unspecified atom stereocenters. The van der Waals surface area contributed by atoms with Gasteiger partial charge in [-0.1, -0.05) is 11.6 Å². The summed E-state index contributed by atoms with van der Waals surface area (Å²) in [5.41, 5.74) is 2.27. The summed E-state index contributed by atoms with van der Waals surface area (Å²) in [7, 11) is 0. The number of H-pyrrole nitrogens is 1. The molecule has 3 atom stereocenters. The first-order chi connectivity index (χ1) is 11.7. The number of benzene rings is 1. The number of carbonyl (C=O) groups excluding carboxylic acids is 1. The SMILES string of the molecule is O=C(N[C@H]1COC[C@H](c2c[nH]c3ccc(Cl)cc23)C1)C1CCCO1. The number of ether oxygens (including phenoxy) is 2. The summed E-state index contributed by atoms with van der Waals surface area (Å²) in [6, 6.07) is 5.87. The van der Waals surface area contributed by atoms with Gasteiger partial charge in [0.15, 0.2) is 0 Å². The molecule has 3 heterocycles. The quantitative estimate of drug-likeness (QED) is 0.896. The van der Waals surface area contributed by atoms with Crippen molar-refractivity contribution >= 4 is 28.4 Å². The topological polar surface area (TPSA) is 63.3 Å². The van der Waals surface area contributed by atoms with Crippen molar-refractivity contribution in [3.63, 3.8) is 0 Å². The van der Waals surface area contributed by atoms with Crippen LogP contribution in [-0.4, -0.2) is 42.9 Å². The molecule has 6 heteroatoms. The second-order valence-electron chi connectivity index (χ2n) is 6.61. The minimum atomic E-state index is -0.294. The van der Waals surface area contributed by atoms with E-state index in [9.17, 15) is 4.79 Å². The molecule has 2 fully saturated rings. The van der Waals surface area contributed by atoms with Gasteiger partial charge in [0.05, 0.1) is 19.3 Å². The molecule has 0 saturated carbocycles. The summed E-state index contributed by atoms with van der Waals surface area (Å²) in [6.07, 6.45) is 4.36. The summed E-state index contributed by atoms with van der Waals surface area (Å²) in [5, 5.41) is 4.94. The predicted molar refractivity (Wildman–Crippen MR) is 92.4 cm³/mol. The lowest BCUT2D eigenvalue weighted by atomic mass is 9.91. The van der Waals surface area contributed by atoms with E-state index in [0.29, 0.717) is 19.8 Å². The Labute approximate surface area is 145 Å². The summed E-state index contributed by atoms with van der Waals surface area (Å²) in [4.78, 5) is 15.5. The van der Waals surface area contributed by atoms with Crippen LogP contribution in [0.15, 0.2) is 24.4 Å². The van der Waals surface area contributed by atoms with Crippen molar-refractivity contribution in [1.82, 2.24) is 10.3 Å². The fraction of sp³-hybridized carbons (Fsp3) is 0.500. The fourth-order valence-corrected chi connectivity index (χ4v) is 3.85. The first kappa shape index (κ1) is 15.9. The number of aromatic amines is 1. The second kappa shape index (κ2) is 6.75. The van der Waals surface area contributed by atoms with E-state index in [1.54, 1.807) is 0 Å². The van der Waals surface area contributed by atoms with Crippen LogP contribution in [0.4, 0.5) is 0 Å². The lowest BCUT2D eigenvalue weighted by molar-refractivity contribution is -0.131. The van der Waals surface area contributed by atoms with Gasteiger partial charge in [0.1, 0.15) is 6.10 Å². The van der Waals surface area contributed by atoms with Gasteiger partial charge < -0.3 is 19.8 Å². The van der Waals surface area contributed by atoms with Gasteiger partial charge in [-0.05, 0) is 43.0 Å². The molecule has 24 heavy (non-hydrogen) atoms. The van der Waals surface area contributed by atoms with Crippen LogP contribution in [0.5, 0.6) is 0 Å². The Morgan fingerprint density at radius 2 is 2.25 bits per heavy atom. The highest BCUT2D eigenvalue weighted by Crippen LogP contribution is 2.32. The van der Waals surface area contributed by atoms with Crippen LogP contribution in [0.2, 0.25) is 5.02 Å². The van der Waals surface area contributed by atoms with Gasteiger partial charge in [0.25, 0.3) is 0 Å². The minimum absolute atomic E-state index is 0.0104. The molecule has 0 spiro atoms.